The van der Waals surface area contributed by atoms with Crippen LogP contribution in [0.3, 0.4) is 0 Å². The first-order valence-electron chi connectivity index (χ1n) is 7.50. The van der Waals surface area contributed by atoms with Gasteiger partial charge in [0.2, 0.25) is 11.8 Å². The first-order chi connectivity index (χ1) is 11.0. The van der Waals surface area contributed by atoms with Gasteiger partial charge in [-0.1, -0.05) is 6.07 Å². The number of ether oxygens (including phenoxy) is 2. The molecule has 4 atom stereocenters. The Balaban J connectivity index is 1.57. The third kappa shape index (κ3) is 3.43. The summed E-state index contributed by atoms with van der Waals surface area (Å²) in [5, 5.41) is 5.63. The molecule has 0 aliphatic carbocycles. The predicted octanol–water partition coefficient (Wildman–Crippen LogP) is -1.36. The van der Waals surface area contributed by atoms with Crippen LogP contribution in [0.1, 0.15) is 6.92 Å². The maximum atomic E-state index is 12.1. The zero-order valence-electron chi connectivity index (χ0n) is 12.7. The van der Waals surface area contributed by atoms with Gasteiger partial charge < -0.3 is 24.7 Å². The molecule has 2 N–H and O–H groups in total. The lowest BCUT2D eigenvalue weighted by Crippen LogP contribution is -2.47. The third-order valence-corrected chi connectivity index (χ3v) is 4.00. The molecule has 3 rings (SSSR count). The molecule has 0 radical (unpaired) electrons. The average Bonchev–Trinajstić information content (AvgIpc) is 3.05. The normalized spacial score (nSPS) is 29.1. The van der Waals surface area contributed by atoms with Gasteiger partial charge in [0.25, 0.3) is 5.56 Å². The first kappa shape index (κ1) is 15.7. The summed E-state index contributed by atoms with van der Waals surface area (Å²) < 4.78 is 12.6. The summed E-state index contributed by atoms with van der Waals surface area (Å²) in [6.07, 6.45) is 1.02. The monoisotopic (exact) mass is 321 g/mol. The smallest absolute Gasteiger partial charge is 0.250 e. The van der Waals surface area contributed by atoms with E-state index < -0.39 is 0 Å². The minimum Gasteiger partial charge on any atom is -0.371 e. The summed E-state index contributed by atoms with van der Waals surface area (Å²) in [5.41, 5.74) is -0.231. The van der Waals surface area contributed by atoms with Crippen LogP contribution in [-0.4, -0.2) is 53.9 Å². The molecule has 23 heavy (non-hydrogen) atoms. The zero-order chi connectivity index (χ0) is 16.4. The zero-order valence-corrected chi connectivity index (χ0v) is 12.7. The van der Waals surface area contributed by atoms with Crippen LogP contribution in [0.15, 0.2) is 29.2 Å². The lowest BCUT2D eigenvalue weighted by Gasteiger charge is -2.18. The Labute approximate surface area is 132 Å². The number of aromatic nitrogens is 1. The van der Waals surface area contributed by atoms with Crippen molar-refractivity contribution in [2.45, 2.75) is 37.8 Å². The number of rotatable bonds is 4. The van der Waals surface area contributed by atoms with E-state index in [1.165, 1.54) is 17.6 Å². The molecule has 0 saturated carbocycles. The summed E-state index contributed by atoms with van der Waals surface area (Å²) in [4.78, 5) is 34.9. The van der Waals surface area contributed by atoms with Crippen LogP contribution in [0.2, 0.25) is 0 Å². The molecule has 2 aliphatic heterocycles. The number of hydrogen-bond donors (Lipinski definition) is 2. The fourth-order valence-corrected chi connectivity index (χ4v) is 3.01. The molecule has 1 aromatic rings. The van der Waals surface area contributed by atoms with E-state index in [4.69, 9.17) is 9.47 Å². The van der Waals surface area contributed by atoms with Gasteiger partial charge in [0.05, 0.1) is 25.3 Å². The highest BCUT2D eigenvalue weighted by Crippen LogP contribution is 2.27. The molecule has 3 heterocycles. The average molecular weight is 321 g/mol. The number of pyridine rings is 1. The molecule has 0 bridgehead atoms. The lowest BCUT2D eigenvalue weighted by atomic mass is 10.1. The molecule has 0 spiro atoms. The van der Waals surface area contributed by atoms with Crippen molar-refractivity contribution in [3.05, 3.63) is 34.7 Å². The maximum Gasteiger partial charge on any atom is 0.250 e. The van der Waals surface area contributed by atoms with Crippen LogP contribution in [0.4, 0.5) is 0 Å². The van der Waals surface area contributed by atoms with E-state index in [9.17, 15) is 14.4 Å². The molecule has 0 aromatic carbocycles. The van der Waals surface area contributed by atoms with E-state index in [2.05, 4.69) is 10.6 Å². The SMILES string of the molecule is CC(=O)N[C@H]1CO[C@H]2[C@@H]1OC[C@@H]2NC(=O)Cn1ccccc1=O. The van der Waals surface area contributed by atoms with Gasteiger partial charge in [-0.15, -0.1) is 0 Å². The Morgan fingerprint density at radius 3 is 2.43 bits per heavy atom. The molecule has 2 aliphatic rings. The van der Waals surface area contributed by atoms with Gasteiger partial charge in [0.1, 0.15) is 18.8 Å². The summed E-state index contributed by atoms with van der Waals surface area (Å²) in [6.45, 7) is 2.07. The van der Waals surface area contributed by atoms with Crippen LogP contribution < -0.4 is 16.2 Å². The standard InChI is InChI=1S/C15H19N3O5/c1-9(19)16-10-7-22-15-11(8-23-14(10)15)17-12(20)6-18-5-3-2-4-13(18)21/h2-5,10-11,14-15H,6-8H2,1H3,(H,16,19)(H,17,20)/t10-,11-,14+,15+/m0/s1. The summed E-state index contributed by atoms with van der Waals surface area (Å²) in [7, 11) is 0. The second-order valence-electron chi connectivity index (χ2n) is 5.74. The lowest BCUT2D eigenvalue weighted by molar-refractivity contribution is -0.123. The van der Waals surface area contributed by atoms with Crippen molar-refractivity contribution < 1.29 is 19.1 Å². The number of nitrogens with zero attached hydrogens (tertiary/aromatic N) is 1. The second kappa shape index (κ2) is 6.51. The van der Waals surface area contributed by atoms with Crippen molar-refractivity contribution in [2.24, 2.45) is 0 Å². The van der Waals surface area contributed by atoms with Crippen molar-refractivity contribution in [3.63, 3.8) is 0 Å². The fraction of sp³-hybridized carbons (Fsp3) is 0.533. The van der Waals surface area contributed by atoms with E-state index in [1.54, 1.807) is 18.3 Å². The molecule has 8 nitrogen and oxygen atoms in total. The van der Waals surface area contributed by atoms with Crippen molar-refractivity contribution in [2.75, 3.05) is 13.2 Å². The minimum atomic E-state index is -0.289. The Bertz CT molecular complexity index is 659. The Morgan fingerprint density at radius 1 is 1.17 bits per heavy atom. The van der Waals surface area contributed by atoms with Gasteiger partial charge in [0, 0.05) is 19.2 Å². The Morgan fingerprint density at radius 2 is 1.83 bits per heavy atom. The molecule has 2 amide bonds. The quantitative estimate of drug-likeness (QED) is 0.713. The van der Waals surface area contributed by atoms with Crippen molar-refractivity contribution >= 4 is 11.8 Å². The summed E-state index contributed by atoms with van der Waals surface area (Å²) in [5.74, 6) is -0.419. The largest absolute Gasteiger partial charge is 0.371 e. The molecule has 2 saturated heterocycles. The van der Waals surface area contributed by atoms with Crippen molar-refractivity contribution in [1.82, 2.24) is 15.2 Å². The number of fused-ring (bicyclic) bond motifs is 1. The van der Waals surface area contributed by atoms with Crippen LogP contribution in [0.25, 0.3) is 0 Å². The number of carbonyl (C=O) groups is 2. The van der Waals surface area contributed by atoms with Gasteiger partial charge in [-0.2, -0.15) is 0 Å². The Hall–Kier alpha value is -2.19. The topological polar surface area (TPSA) is 98.7 Å². The first-order valence-corrected chi connectivity index (χ1v) is 7.50. The van der Waals surface area contributed by atoms with E-state index in [0.717, 1.165) is 0 Å². The van der Waals surface area contributed by atoms with Gasteiger partial charge in [-0.3, -0.25) is 14.4 Å². The molecule has 1 aromatic heterocycles. The highest BCUT2D eigenvalue weighted by atomic mass is 16.6. The van der Waals surface area contributed by atoms with Crippen LogP contribution in [0.5, 0.6) is 0 Å². The minimum absolute atomic E-state index is 0.0529. The van der Waals surface area contributed by atoms with Crippen LogP contribution in [0, 0.1) is 0 Å². The number of hydrogen-bond acceptors (Lipinski definition) is 5. The predicted molar refractivity (Wildman–Crippen MR) is 79.7 cm³/mol. The molecular weight excluding hydrogens is 302 g/mol. The van der Waals surface area contributed by atoms with E-state index in [-0.39, 0.29) is 48.2 Å². The van der Waals surface area contributed by atoms with Gasteiger partial charge in [-0.25, -0.2) is 0 Å². The second-order valence-corrected chi connectivity index (χ2v) is 5.74. The van der Waals surface area contributed by atoms with Gasteiger partial charge >= 0.3 is 0 Å². The number of amides is 2. The summed E-state index contributed by atoms with van der Waals surface area (Å²) in [6, 6.07) is 4.24. The highest BCUT2D eigenvalue weighted by Gasteiger charge is 2.48. The highest BCUT2D eigenvalue weighted by molar-refractivity contribution is 5.76. The van der Waals surface area contributed by atoms with Crippen molar-refractivity contribution in [3.8, 4) is 0 Å². The molecule has 2 fully saturated rings. The Kier molecular flexibility index (Phi) is 4.44. The van der Waals surface area contributed by atoms with Crippen molar-refractivity contribution in [1.29, 1.82) is 0 Å². The van der Waals surface area contributed by atoms with E-state index in [1.807, 2.05) is 0 Å². The number of carbonyl (C=O) groups excluding carboxylic acids is 2. The van der Waals surface area contributed by atoms with Gasteiger partial charge in [0.15, 0.2) is 0 Å². The number of nitrogens with one attached hydrogen (secondary N) is 2. The third-order valence-electron chi connectivity index (χ3n) is 4.00. The van der Waals surface area contributed by atoms with Crippen LogP contribution in [-0.2, 0) is 25.6 Å². The van der Waals surface area contributed by atoms with Crippen LogP contribution >= 0.6 is 0 Å². The molecule has 8 heteroatoms. The van der Waals surface area contributed by atoms with Gasteiger partial charge in [-0.05, 0) is 6.07 Å². The maximum absolute atomic E-state index is 12.1. The molecule has 0 unspecified atom stereocenters. The van der Waals surface area contributed by atoms with E-state index in [0.29, 0.717) is 13.2 Å². The summed E-state index contributed by atoms with van der Waals surface area (Å²) >= 11 is 0. The molecule has 124 valence electrons. The van der Waals surface area contributed by atoms with E-state index >= 15 is 0 Å². The molecular formula is C15H19N3O5. The fourth-order valence-electron chi connectivity index (χ4n) is 3.01.